The number of aromatic nitrogens is 2. The van der Waals surface area contributed by atoms with E-state index in [1.54, 1.807) is 0 Å². The highest BCUT2D eigenvalue weighted by molar-refractivity contribution is 6.99. The van der Waals surface area contributed by atoms with Crippen LogP contribution in [0.1, 0.15) is 103 Å². The predicted octanol–water partition coefficient (Wildman–Crippen LogP) is 18.9. The molecular formula is C76H70BN3O. The summed E-state index contributed by atoms with van der Waals surface area (Å²) in [7, 11) is 0. The molecule has 0 N–H and O–H groups in total. The van der Waals surface area contributed by atoms with E-state index in [2.05, 4.69) is 276 Å². The second-order valence-corrected chi connectivity index (χ2v) is 25.0. The summed E-state index contributed by atoms with van der Waals surface area (Å²) in [6, 6.07) is 77.8. The Kier molecular flexibility index (Phi) is 12.3. The smallest absolute Gasteiger partial charge is 0.256 e. The van der Waals surface area contributed by atoms with Crippen LogP contribution in [0.5, 0.6) is 11.5 Å². The summed E-state index contributed by atoms with van der Waals surface area (Å²) in [5.74, 6) is 1.84. The van der Waals surface area contributed by atoms with Crippen molar-refractivity contribution in [3.8, 4) is 45.1 Å². The minimum Gasteiger partial charge on any atom is -0.458 e. The highest BCUT2D eigenvalue weighted by Gasteiger charge is 2.44. The number of aryl methyl sites for hydroxylation is 2. The monoisotopic (exact) mass is 1050 g/mol. The third-order valence-electron chi connectivity index (χ3n) is 17.6. The molecule has 0 bridgehead atoms. The topological polar surface area (TPSA) is 22.3 Å². The first-order valence-electron chi connectivity index (χ1n) is 29.6. The molecule has 2 aliphatic heterocycles. The van der Waals surface area contributed by atoms with Crippen LogP contribution in [-0.4, -0.2) is 15.8 Å². The molecule has 0 amide bonds. The summed E-state index contributed by atoms with van der Waals surface area (Å²) >= 11 is 0. The minimum atomic E-state index is -0.171. The van der Waals surface area contributed by atoms with Crippen LogP contribution in [0.4, 0.5) is 17.1 Å². The van der Waals surface area contributed by atoms with Gasteiger partial charge in [0, 0.05) is 50.4 Å². The van der Waals surface area contributed by atoms with Gasteiger partial charge in [0.25, 0.3) is 6.71 Å². The van der Waals surface area contributed by atoms with Crippen molar-refractivity contribution in [3.63, 3.8) is 0 Å². The number of benzene rings is 10. The molecule has 2 aliphatic rings. The Bertz CT molecular complexity index is 4400. The van der Waals surface area contributed by atoms with E-state index in [1.165, 1.54) is 122 Å². The highest BCUT2D eigenvalue weighted by atomic mass is 16.5. The maximum atomic E-state index is 7.53. The average molecular weight is 1050 g/mol. The average Bonchev–Trinajstić information content (AvgIpc) is 4.07. The molecule has 0 aliphatic carbocycles. The predicted molar refractivity (Wildman–Crippen MR) is 346 cm³/mol. The maximum Gasteiger partial charge on any atom is 0.256 e. The molecule has 4 nitrogen and oxygen atoms in total. The van der Waals surface area contributed by atoms with Gasteiger partial charge in [-0.05, 0) is 164 Å². The van der Waals surface area contributed by atoms with E-state index in [0.29, 0.717) is 0 Å². The van der Waals surface area contributed by atoms with Gasteiger partial charge < -0.3 is 18.8 Å². The fourth-order valence-electron chi connectivity index (χ4n) is 13.4. The van der Waals surface area contributed by atoms with Gasteiger partial charge in [0.1, 0.15) is 11.5 Å². The third-order valence-corrected chi connectivity index (χ3v) is 17.6. The lowest BCUT2D eigenvalue weighted by molar-refractivity contribution is 0.483. The van der Waals surface area contributed by atoms with E-state index in [0.717, 1.165) is 61.4 Å². The van der Waals surface area contributed by atoms with Crippen molar-refractivity contribution < 1.29 is 4.74 Å². The Morgan fingerprint density at radius 3 is 1.41 bits per heavy atom. The Morgan fingerprint density at radius 2 is 0.877 bits per heavy atom. The molecule has 0 saturated carbocycles. The summed E-state index contributed by atoms with van der Waals surface area (Å²) in [6.07, 6.45) is 6.47. The van der Waals surface area contributed by atoms with E-state index in [9.17, 15) is 0 Å². The van der Waals surface area contributed by atoms with Crippen molar-refractivity contribution in [1.29, 1.82) is 0 Å². The largest absolute Gasteiger partial charge is 0.458 e. The summed E-state index contributed by atoms with van der Waals surface area (Å²) in [6.45, 7) is 18.8. The van der Waals surface area contributed by atoms with Crippen LogP contribution >= 0.6 is 0 Å². The zero-order chi connectivity index (χ0) is 55.3. The SMILES string of the molecule is CCCCc1cc(C(C)(C)C)cc(CCCC)c1N1c2cc(-n3c4ccccc4c4cc(-c5ccccc5)ccc43)ccc2B2c3ccc(-n4c5ccccc5c5cc(-c6ccccc6)ccc54)cc3Oc3cc(C(C)(C)C)cc1c32. The molecule has 0 radical (unpaired) electrons. The Labute approximate surface area is 478 Å². The summed E-state index contributed by atoms with van der Waals surface area (Å²) < 4.78 is 12.5. The number of anilines is 3. The van der Waals surface area contributed by atoms with Crippen molar-refractivity contribution in [1.82, 2.24) is 9.13 Å². The molecule has 0 unspecified atom stereocenters. The minimum absolute atomic E-state index is 0.0124. The Balaban J connectivity index is 1.03. The van der Waals surface area contributed by atoms with Crippen LogP contribution in [0.25, 0.3) is 77.2 Å². The zero-order valence-corrected chi connectivity index (χ0v) is 48.2. The van der Waals surface area contributed by atoms with Crippen LogP contribution in [0.3, 0.4) is 0 Å². The molecule has 81 heavy (non-hydrogen) atoms. The van der Waals surface area contributed by atoms with Crippen LogP contribution in [-0.2, 0) is 23.7 Å². The normalized spacial score (nSPS) is 13.0. The van der Waals surface area contributed by atoms with Gasteiger partial charge in [-0.1, -0.05) is 202 Å². The van der Waals surface area contributed by atoms with Gasteiger partial charge in [-0.3, -0.25) is 0 Å². The zero-order valence-electron chi connectivity index (χ0n) is 48.2. The van der Waals surface area contributed by atoms with Crippen molar-refractivity contribution in [2.45, 2.75) is 105 Å². The first-order valence-corrected chi connectivity index (χ1v) is 29.6. The Morgan fingerprint density at radius 1 is 0.395 bits per heavy atom. The van der Waals surface area contributed by atoms with Gasteiger partial charge in [0.15, 0.2) is 0 Å². The third kappa shape index (κ3) is 8.50. The second-order valence-electron chi connectivity index (χ2n) is 25.0. The summed E-state index contributed by atoms with van der Waals surface area (Å²) in [4.78, 5) is 2.72. The van der Waals surface area contributed by atoms with Gasteiger partial charge in [0.05, 0.1) is 27.8 Å². The number of hydrogen-bond acceptors (Lipinski definition) is 2. The van der Waals surface area contributed by atoms with Crippen LogP contribution in [0.15, 0.2) is 206 Å². The van der Waals surface area contributed by atoms with Gasteiger partial charge >= 0.3 is 0 Å². The quantitative estimate of drug-likeness (QED) is 0.120. The second kappa shape index (κ2) is 19.6. The fourth-order valence-corrected chi connectivity index (χ4v) is 13.4. The molecule has 12 aromatic rings. The first kappa shape index (κ1) is 50.7. The van der Waals surface area contributed by atoms with Gasteiger partial charge in [-0.2, -0.15) is 0 Å². The summed E-state index contributed by atoms with van der Waals surface area (Å²) in [5.41, 5.74) is 24.7. The molecule has 4 heterocycles. The van der Waals surface area contributed by atoms with Crippen LogP contribution in [0, 0.1) is 0 Å². The first-order chi connectivity index (χ1) is 39.4. The lowest BCUT2D eigenvalue weighted by atomic mass is 9.34. The number of fused-ring (bicyclic) bond motifs is 10. The molecule has 0 spiro atoms. The lowest BCUT2D eigenvalue weighted by Crippen LogP contribution is -2.59. The van der Waals surface area contributed by atoms with Crippen molar-refractivity contribution in [2.24, 2.45) is 0 Å². The molecule has 0 saturated heterocycles. The van der Waals surface area contributed by atoms with E-state index < -0.39 is 0 Å². The molecule has 0 fully saturated rings. The highest BCUT2D eigenvalue weighted by Crippen LogP contribution is 2.49. The molecule has 5 heteroatoms. The van der Waals surface area contributed by atoms with E-state index in [-0.39, 0.29) is 17.5 Å². The number of hydrogen-bond donors (Lipinski definition) is 0. The molecule has 14 rings (SSSR count). The Hall–Kier alpha value is -8.54. The van der Waals surface area contributed by atoms with Crippen LogP contribution in [0.2, 0.25) is 0 Å². The number of unbranched alkanes of at least 4 members (excludes halogenated alkanes) is 2. The van der Waals surface area contributed by atoms with E-state index in [4.69, 9.17) is 4.74 Å². The molecule has 2 aromatic heterocycles. The van der Waals surface area contributed by atoms with Gasteiger partial charge in [-0.25, -0.2) is 0 Å². The van der Waals surface area contributed by atoms with Crippen molar-refractivity contribution in [3.05, 3.63) is 229 Å². The molecular weight excluding hydrogens is 982 g/mol. The summed E-state index contributed by atoms with van der Waals surface area (Å²) in [5, 5.41) is 4.97. The van der Waals surface area contributed by atoms with Crippen molar-refractivity contribution >= 4 is 83.8 Å². The van der Waals surface area contributed by atoms with E-state index in [1.807, 2.05) is 0 Å². The molecule has 10 aromatic carbocycles. The fraction of sp³-hybridized carbons (Fsp3) is 0.211. The van der Waals surface area contributed by atoms with Crippen LogP contribution < -0.4 is 26.0 Å². The van der Waals surface area contributed by atoms with Gasteiger partial charge in [0.2, 0.25) is 0 Å². The molecule has 398 valence electrons. The standard InChI is InChI=1S/C76H70BN3O/c1-9-11-23-53-41-55(75(3,4)5)42-54(24-12-10-2)74(53)80-69-47-57(78-65-31-21-19-29-59(65)61-43-51(33-39-67(61)78)49-25-15-13-16-26-49)35-37-63(69)77-64-38-36-58(48-71(64)81-72-46-56(76(6,7)8)45-70(80)73(72)77)79-66-32-22-20-30-60(66)62-44-52(34-40-68(62)79)50-27-17-14-18-28-50/h13-22,25-48H,9-12,23-24H2,1-8H3. The number of ether oxygens (including phenoxy) is 1. The number of nitrogens with zero attached hydrogens (tertiary/aromatic N) is 3. The molecule has 0 atom stereocenters. The van der Waals surface area contributed by atoms with E-state index >= 15 is 0 Å². The van der Waals surface area contributed by atoms with Crippen molar-refractivity contribution in [2.75, 3.05) is 4.90 Å². The van der Waals surface area contributed by atoms with Gasteiger partial charge in [-0.15, -0.1) is 0 Å². The number of para-hydroxylation sites is 2. The number of rotatable bonds is 11. The maximum absolute atomic E-state index is 7.53. The lowest BCUT2D eigenvalue weighted by Gasteiger charge is -2.43.